The lowest BCUT2D eigenvalue weighted by Crippen LogP contribution is -2.61. The summed E-state index contributed by atoms with van der Waals surface area (Å²) in [7, 11) is 0. The summed E-state index contributed by atoms with van der Waals surface area (Å²) in [5.74, 6) is -12.9. The Bertz CT molecular complexity index is 2080. The van der Waals surface area contributed by atoms with Crippen LogP contribution in [-0.4, -0.2) is 151 Å². The number of likely N-dealkylation sites (tertiary alicyclic amines) is 1. The van der Waals surface area contributed by atoms with Crippen molar-refractivity contribution < 1.29 is 68.1 Å². The van der Waals surface area contributed by atoms with E-state index in [1.165, 1.54) is 50.6 Å². The van der Waals surface area contributed by atoms with Crippen LogP contribution in [0.5, 0.6) is 5.75 Å². The summed E-state index contributed by atoms with van der Waals surface area (Å²) < 4.78 is 0. The molecule has 1 aliphatic rings. The standard InChI is InChI=1S/C39H54N12O14/c1-18(2)32(50-35(60)24(14-31(56)57)47-33(58)22(40)11-20-15-43-17-45-20)37(62)48-23(12-28(41)53)34(59)49-25(13-29(42)54)38(63)51-9-3-4-27(51)36(61)44-16-30(55)46-26(39(64)65)10-19-5-7-21(52)8-6-19/h5-8,15,17-18,22-27,32,52H,3-4,9-14,16,40H2,1-2H3,(H2,41,53)(H2,42,54)(H,43,45)(H,44,61)(H,46,55)(H,47,58)(H,48,62)(H,49,59)(H,50,60)(H,56,57)(H,64,65)/t22-,23-,24-,25-,26-,27-,32-/m0/s1. The SMILES string of the molecule is CC(C)[C@H](NC(=O)[C@H](CC(=O)O)NC(=O)[C@@H](N)Cc1cnc[nH]1)C(=O)N[C@@H](CC(N)=O)C(=O)N[C@@H](CC(N)=O)C(=O)N1CCC[C@H]1C(=O)NCC(=O)N[C@@H](Cc1ccc(O)cc1)C(=O)O. The molecule has 9 amide bonds. The minimum atomic E-state index is -1.84. The van der Waals surface area contributed by atoms with Crippen LogP contribution in [0.4, 0.5) is 0 Å². The molecule has 3 rings (SSSR count). The van der Waals surface area contributed by atoms with Crippen LogP contribution < -0.4 is 49.1 Å². The van der Waals surface area contributed by atoms with Crippen molar-refractivity contribution in [3.8, 4) is 5.75 Å². The molecule has 26 heteroatoms. The number of carbonyl (C=O) groups is 11. The zero-order chi connectivity index (χ0) is 48.5. The third-order valence-electron chi connectivity index (χ3n) is 9.92. The van der Waals surface area contributed by atoms with Crippen molar-refractivity contribution in [1.82, 2.24) is 46.8 Å². The van der Waals surface area contributed by atoms with E-state index < -0.39 is 139 Å². The number of primary amides is 2. The molecular weight excluding hydrogens is 860 g/mol. The van der Waals surface area contributed by atoms with E-state index in [-0.39, 0.29) is 38.0 Å². The largest absolute Gasteiger partial charge is 0.508 e. The fourth-order valence-corrected chi connectivity index (χ4v) is 6.62. The molecule has 65 heavy (non-hydrogen) atoms. The van der Waals surface area contributed by atoms with Gasteiger partial charge in [-0.1, -0.05) is 26.0 Å². The number of nitrogens with zero attached hydrogens (tertiary/aromatic N) is 2. The Morgan fingerprint density at radius 1 is 0.769 bits per heavy atom. The van der Waals surface area contributed by atoms with Crippen LogP contribution in [-0.2, 0) is 65.6 Å². The van der Waals surface area contributed by atoms with E-state index in [2.05, 4.69) is 41.9 Å². The number of imidazole rings is 1. The number of aliphatic carboxylic acids is 2. The molecule has 2 heterocycles. The van der Waals surface area contributed by atoms with Crippen LogP contribution in [0.3, 0.4) is 0 Å². The third kappa shape index (κ3) is 16.5. The monoisotopic (exact) mass is 914 g/mol. The van der Waals surface area contributed by atoms with Gasteiger partial charge in [-0.2, -0.15) is 0 Å². The second kappa shape index (κ2) is 24.3. The fraction of sp³-hybridized carbons (Fsp3) is 0.487. The zero-order valence-electron chi connectivity index (χ0n) is 35.4. The molecule has 1 aromatic heterocycles. The first kappa shape index (κ1) is 51.7. The number of benzene rings is 1. The van der Waals surface area contributed by atoms with E-state index in [1.54, 1.807) is 0 Å². The molecule has 16 N–H and O–H groups in total. The number of carboxylic acid groups (broad SMARTS) is 2. The highest BCUT2D eigenvalue weighted by molar-refractivity contribution is 6.00. The number of hydrogen-bond donors (Lipinski definition) is 13. The minimum Gasteiger partial charge on any atom is -0.508 e. The minimum absolute atomic E-state index is 0.0450. The van der Waals surface area contributed by atoms with Crippen LogP contribution in [0.1, 0.15) is 57.2 Å². The predicted molar refractivity (Wildman–Crippen MR) is 222 cm³/mol. The maximum absolute atomic E-state index is 13.9. The topological polar surface area (TPSA) is 431 Å². The molecule has 1 aromatic carbocycles. The van der Waals surface area contributed by atoms with E-state index in [4.69, 9.17) is 17.2 Å². The van der Waals surface area contributed by atoms with Gasteiger partial charge in [0.25, 0.3) is 0 Å². The Morgan fingerprint density at radius 2 is 1.35 bits per heavy atom. The van der Waals surface area contributed by atoms with Gasteiger partial charge in [0, 0.05) is 31.3 Å². The summed E-state index contributed by atoms with van der Waals surface area (Å²) in [6, 6.07) is -5.11. The summed E-state index contributed by atoms with van der Waals surface area (Å²) in [5, 5.41) is 42.3. The molecule has 0 radical (unpaired) electrons. The van der Waals surface area contributed by atoms with E-state index >= 15 is 0 Å². The van der Waals surface area contributed by atoms with Crippen molar-refractivity contribution >= 4 is 65.1 Å². The van der Waals surface area contributed by atoms with Gasteiger partial charge in [0.05, 0.1) is 38.2 Å². The first-order valence-corrected chi connectivity index (χ1v) is 20.2. The lowest BCUT2D eigenvalue weighted by Gasteiger charge is -2.30. The van der Waals surface area contributed by atoms with Gasteiger partial charge in [-0.05, 0) is 36.5 Å². The molecule has 1 saturated heterocycles. The van der Waals surface area contributed by atoms with Crippen molar-refractivity contribution in [2.45, 2.75) is 101 Å². The number of hydrogen-bond acceptors (Lipinski definition) is 14. The Labute approximate surface area is 370 Å². The fourth-order valence-electron chi connectivity index (χ4n) is 6.62. The van der Waals surface area contributed by atoms with Crippen molar-refractivity contribution in [3.05, 3.63) is 48.0 Å². The van der Waals surface area contributed by atoms with Gasteiger partial charge >= 0.3 is 11.9 Å². The summed E-state index contributed by atoms with van der Waals surface area (Å²) in [4.78, 5) is 149. The quantitative estimate of drug-likeness (QED) is 0.0443. The number of nitrogens with one attached hydrogen (secondary N) is 7. The number of H-pyrrole nitrogens is 1. The number of phenols is 1. The Kier molecular flexibility index (Phi) is 19.3. The number of phenolic OH excluding ortho intramolecular Hbond substituents is 1. The highest BCUT2D eigenvalue weighted by Crippen LogP contribution is 2.20. The second-order valence-electron chi connectivity index (χ2n) is 15.5. The molecule has 7 atom stereocenters. The molecule has 0 saturated carbocycles. The van der Waals surface area contributed by atoms with E-state index in [0.717, 1.165) is 4.90 Å². The summed E-state index contributed by atoms with van der Waals surface area (Å²) in [6.07, 6.45) is 0.293. The van der Waals surface area contributed by atoms with Gasteiger partial charge in [-0.3, -0.25) is 47.9 Å². The number of carbonyl (C=O) groups excluding carboxylic acids is 9. The van der Waals surface area contributed by atoms with Gasteiger partial charge < -0.3 is 74.3 Å². The number of aromatic nitrogens is 2. The van der Waals surface area contributed by atoms with Gasteiger partial charge in [-0.25, -0.2) is 9.78 Å². The summed E-state index contributed by atoms with van der Waals surface area (Å²) in [6.45, 7) is 2.20. The second-order valence-corrected chi connectivity index (χ2v) is 15.5. The van der Waals surface area contributed by atoms with Crippen molar-refractivity contribution in [1.29, 1.82) is 0 Å². The predicted octanol–water partition coefficient (Wildman–Crippen LogP) is -5.27. The lowest BCUT2D eigenvalue weighted by molar-refractivity contribution is -0.143. The van der Waals surface area contributed by atoms with Crippen LogP contribution in [0.2, 0.25) is 0 Å². The number of carboxylic acids is 2. The molecule has 2 aromatic rings. The molecule has 0 unspecified atom stereocenters. The summed E-state index contributed by atoms with van der Waals surface area (Å²) in [5.41, 5.74) is 17.6. The number of amides is 9. The zero-order valence-corrected chi connectivity index (χ0v) is 35.4. The summed E-state index contributed by atoms with van der Waals surface area (Å²) >= 11 is 0. The van der Waals surface area contributed by atoms with Crippen molar-refractivity contribution in [2.75, 3.05) is 13.1 Å². The molecule has 0 aliphatic carbocycles. The van der Waals surface area contributed by atoms with Gasteiger partial charge in [0.2, 0.25) is 53.2 Å². The maximum atomic E-state index is 13.9. The number of nitrogens with two attached hydrogens (primary N) is 3. The Balaban J connectivity index is 1.70. The first-order valence-electron chi connectivity index (χ1n) is 20.2. The number of aromatic amines is 1. The first-order chi connectivity index (χ1) is 30.6. The van der Waals surface area contributed by atoms with Gasteiger partial charge in [-0.15, -0.1) is 0 Å². The number of rotatable bonds is 25. The Morgan fingerprint density at radius 3 is 1.92 bits per heavy atom. The van der Waals surface area contributed by atoms with Crippen LogP contribution in [0.15, 0.2) is 36.8 Å². The average molecular weight is 915 g/mol. The smallest absolute Gasteiger partial charge is 0.326 e. The van der Waals surface area contributed by atoms with Crippen LogP contribution >= 0.6 is 0 Å². The highest BCUT2D eigenvalue weighted by Gasteiger charge is 2.40. The molecule has 0 bridgehead atoms. The molecule has 0 spiro atoms. The van der Waals surface area contributed by atoms with Crippen LogP contribution in [0, 0.1) is 5.92 Å². The van der Waals surface area contributed by atoms with E-state index in [9.17, 15) is 68.1 Å². The van der Waals surface area contributed by atoms with Crippen LogP contribution in [0.25, 0.3) is 0 Å². The van der Waals surface area contributed by atoms with E-state index in [0.29, 0.717) is 11.3 Å². The van der Waals surface area contributed by atoms with Crippen molar-refractivity contribution in [2.24, 2.45) is 23.1 Å². The number of aromatic hydroxyl groups is 1. The average Bonchev–Trinajstić information content (AvgIpc) is 3.93. The molecule has 1 aliphatic heterocycles. The maximum Gasteiger partial charge on any atom is 0.326 e. The molecular formula is C39H54N12O14. The molecule has 354 valence electrons. The van der Waals surface area contributed by atoms with Gasteiger partial charge in [0.15, 0.2) is 0 Å². The van der Waals surface area contributed by atoms with Gasteiger partial charge in [0.1, 0.15) is 42.0 Å². The van der Waals surface area contributed by atoms with E-state index in [1.807, 2.05) is 0 Å². The van der Waals surface area contributed by atoms with Crippen molar-refractivity contribution in [3.63, 3.8) is 0 Å². The Hall–Kier alpha value is -7.64. The normalized spacial score (nSPS) is 16.1. The molecule has 26 nitrogen and oxygen atoms in total. The molecule has 1 fully saturated rings. The highest BCUT2D eigenvalue weighted by atomic mass is 16.4. The third-order valence-corrected chi connectivity index (χ3v) is 9.92. The lowest BCUT2D eigenvalue weighted by atomic mass is 10.0.